The van der Waals surface area contributed by atoms with Gasteiger partial charge in [0.1, 0.15) is 5.76 Å². The van der Waals surface area contributed by atoms with Crippen LogP contribution in [-0.4, -0.2) is 49.6 Å². The van der Waals surface area contributed by atoms with Gasteiger partial charge in [0.25, 0.3) is 0 Å². The minimum atomic E-state index is 0.383. The molecule has 0 aromatic carbocycles. The van der Waals surface area contributed by atoms with E-state index in [1.807, 2.05) is 6.26 Å². The Balaban J connectivity index is 1.84. The summed E-state index contributed by atoms with van der Waals surface area (Å²) in [6, 6.07) is 2.17. The summed E-state index contributed by atoms with van der Waals surface area (Å²) in [7, 11) is 6.60. The number of nitrogens with one attached hydrogen (secondary N) is 1. The van der Waals surface area contributed by atoms with Gasteiger partial charge in [0.15, 0.2) is 0 Å². The van der Waals surface area contributed by atoms with Gasteiger partial charge < -0.3 is 14.6 Å². The molecule has 0 spiro atoms. The highest BCUT2D eigenvalue weighted by Gasteiger charge is 2.39. The number of hydrogen-bond donors (Lipinski definition) is 1. The van der Waals surface area contributed by atoms with Crippen molar-refractivity contribution in [2.75, 3.05) is 34.2 Å². The lowest BCUT2D eigenvalue weighted by molar-refractivity contribution is 0.0244. The third-order valence-corrected chi connectivity index (χ3v) is 4.51. The summed E-state index contributed by atoms with van der Waals surface area (Å²) < 4.78 is 5.66. The molecular formula is C16H29N3O. The van der Waals surface area contributed by atoms with Crippen LogP contribution >= 0.6 is 0 Å². The maximum absolute atomic E-state index is 5.66. The second-order valence-corrected chi connectivity index (χ2v) is 6.35. The molecule has 1 aliphatic rings. The van der Waals surface area contributed by atoms with Crippen LogP contribution < -0.4 is 5.32 Å². The van der Waals surface area contributed by atoms with Crippen LogP contribution in [0, 0.1) is 0 Å². The summed E-state index contributed by atoms with van der Waals surface area (Å²) in [5, 5.41) is 3.32. The molecule has 2 rings (SSSR count). The Morgan fingerprint density at radius 1 is 1.30 bits per heavy atom. The van der Waals surface area contributed by atoms with Crippen molar-refractivity contribution in [1.82, 2.24) is 15.1 Å². The zero-order valence-electron chi connectivity index (χ0n) is 13.4. The van der Waals surface area contributed by atoms with Gasteiger partial charge in [-0.25, -0.2) is 0 Å². The standard InChI is InChI=1S/C16H29N3O/c1-5-17-10-14-9-15(20-12-14)11-19(4)13-16(18(2)3)7-6-8-16/h9,12,17H,5-8,10-11,13H2,1-4H3. The van der Waals surface area contributed by atoms with Crippen molar-refractivity contribution in [3.05, 3.63) is 23.7 Å². The minimum absolute atomic E-state index is 0.383. The number of nitrogens with zero attached hydrogens (tertiary/aromatic N) is 2. The van der Waals surface area contributed by atoms with E-state index >= 15 is 0 Å². The van der Waals surface area contributed by atoms with Gasteiger partial charge in [0.2, 0.25) is 0 Å². The van der Waals surface area contributed by atoms with E-state index in [1.165, 1.54) is 24.8 Å². The van der Waals surface area contributed by atoms with E-state index in [0.29, 0.717) is 5.54 Å². The van der Waals surface area contributed by atoms with Crippen molar-refractivity contribution in [3.8, 4) is 0 Å². The molecule has 0 bridgehead atoms. The molecule has 114 valence electrons. The average molecular weight is 279 g/mol. The predicted octanol–water partition coefficient (Wildman–Crippen LogP) is 2.31. The fourth-order valence-electron chi connectivity index (χ4n) is 3.03. The summed E-state index contributed by atoms with van der Waals surface area (Å²) in [6.45, 7) is 6.01. The summed E-state index contributed by atoms with van der Waals surface area (Å²) in [5.41, 5.74) is 1.62. The van der Waals surface area contributed by atoms with Gasteiger partial charge in [-0.05, 0) is 53.0 Å². The van der Waals surface area contributed by atoms with E-state index in [0.717, 1.165) is 31.9 Å². The Hall–Kier alpha value is -0.840. The highest BCUT2D eigenvalue weighted by molar-refractivity contribution is 5.12. The summed E-state index contributed by atoms with van der Waals surface area (Å²) in [6.07, 6.45) is 5.86. The Morgan fingerprint density at radius 3 is 2.60 bits per heavy atom. The first kappa shape index (κ1) is 15.5. The van der Waals surface area contributed by atoms with Gasteiger partial charge in [-0.2, -0.15) is 0 Å². The van der Waals surface area contributed by atoms with Crippen LogP contribution in [0.2, 0.25) is 0 Å². The molecule has 1 saturated carbocycles. The molecule has 1 aromatic heterocycles. The monoisotopic (exact) mass is 279 g/mol. The Morgan fingerprint density at radius 2 is 2.05 bits per heavy atom. The van der Waals surface area contributed by atoms with Crippen molar-refractivity contribution in [3.63, 3.8) is 0 Å². The molecule has 20 heavy (non-hydrogen) atoms. The van der Waals surface area contributed by atoms with Crippen LogP contribution in [0.4, 0.5) is 0 Å². The largest absolute Gasteiger partial charge is 0.468 e. The Bertz CT molecular complexity index is 410. The smallest absolute Gasteiger partial charge is 0.118 e. The highest BCUT2D eigenvalue weighted by atomic mass is 16.3. The number of likely N-dealkylation sites (N-methyl/N-ethyl adjacent to an activating group) is 2. The summed E-state index contributed by atoms with van der Waals surface area (Å²) in [5.74, 6) is 1.06. The summed E-state index contributed by atoms with van der Waals surface area (Å²) in [4.78, 5) is 4.78. The molecule has 0 radical (unpaired) electrons. The third-order valence-electron chi connectivity index (χ3n) is 4.51. The first-order valence-corrected chi connectivity index (χ1v) is 7.69. The van der Waals surface area contributed by atoms with Crippen molar-refractivity contribution < 1.29 is 4.42 Å². The lowest BCUT2D eigenvalue weighted by atomic mass is 9.75. The fraction of sp³-hybridized carbons (Fsp3) is 0.750. The van der Waals surface area contributed by atoms with Crippen molar-refractivity contribution in [1.29, 1.82) is 0 Å². The van der Waals surface area contributed by atoms with E-state index in [-0.39, 0.29) is 0 Å². The van der Waals surface area contributed by atoms with E-state index in [1.54, 1.807) is 0 Å². The second kappa shape index (κ2) is 6.74. The molecule has 1 aromatic rings. The quantitative estimate of drug-likeness (QED) is 0.791. The zero-order valence-corrected chi connectivity index (χ0v) is 13.4. The third kappa shape index (κ3) is 3.62. The molecule has 1 fully saturated rings. The van der Waals surface area contributed by atoms with Crippen molar-refractivity contribution >= 4 is 0 Å². The summed E-state index contributed by atoms with van der Waals surface area (Å²) >= 11 is 0. The second-order valence-electron chi connectivity index (χ2n) is 6.35. The number of rotatable bonds is 8. The molecule has 0 aliphatic heterocycles. The van der Waals surface area contributed by atoms with E-state index in [9.17, 15) is 0 Å². The van der Waals surface area contributed by atoms with E-state index in [4.69, 9.17) is 4.42 Å². The van der Waals surface area contributed by atoms with Gasteiger partial charge in [0.05, 0.1) is 12.8 Å². The highest BCUT2D eigenvalue weighted by Crippen LogP contribution is 2.36. The van der Waals surface area contributed by atoms with Gasteiger partial charge in [-0.1, -0.05) is 6.92 Å². The molecule has 0 saturated heterocycles. The molecule has 1 heterocycles. The lowest BCUT2D eigenvalue weighted by Crippen LogP contribution is -2.56. The molecule has 4 heteroatoms. The van der Waals surface area contributed by atoms with Crippen LogP contribution in [0.3, 0.4) is 0 Å². The molecule has 4 nitrogen and oxygen atoms in total. The molecule has 0 amide bonds. The van der Waals surface area contributed by atoms with Gasteiger partial charge in [-0.15, -0.1) is 0 Å². The molecule has 0 atom stereocenters. The van der Waals surface area contributed by atoms with E-state index in [2.05, 4.69) is 49.2 Å². The molecule has 1 N–H and O–H groups in total. The maximum Gasteiger partial charge on any atom is 0.118 e. The molecule has 0 unspecified atom stereocenters. The molecular weight excluding hydrogens is 250 g/mol. The molecule has 1 aliphatic carbocycles. The predicted molar refractivity (Wildman–Crippen MR) is 82.7 cm³/mol. The first-order valence-electron chi connectivity index (χ1n) is 7.69. The van der Waals surface area contributed by atoms with Crippen LogP contribution in [0.25, 0.3) is 0 Å². The maximum atomic E-state index is 5.66. The van der Waals surface area contributed by atoms with Crippen LogP contribution in [0.15, 0.2) is 16.7 Å². The zero-order chi connectivity index (χ0) is 14.6. The van der Waals surface area contributed by atoms with Gasteiger partial charge in [-0.3, -0.25) is 4.90 Å². The van der Waals surface area contributed by atoms with Crippen molar-refractivity contribution in [2.45, 2.75) is 44.8 Å². The van der Waals surface area contributed by atoms with Crippen molar-refractivity contribution in [2.24, 2.45) is 0 Å². The van der Waals surface area contributed by atoms with Crippen LogP contribution in [0.1, 0.15) is 37.5 Å². The Labute approximate surface area is 123 Å². The van der Waals surface area contributed by atoms with Crippen LogP contribution in [-0.2, 0) is 13.1 Å². The SMILES string of the molecule is CCNCc1coc(CN(C)CC2(N(C)C)CCC2)c1. The van der Waals surface area contributed by atoms with E-state index < -0.39 is 0 Å². The normalized spacial score (nSPS) is 17.7. The topological polar surface area (TPSA) is 31.7 Å². The minimum Gasteiger partial charge on any atom is -0.468 e. The number of furan rings is 1. The van der Waals surface area contributed by atoms with Gasteiger partial charge >= 0.3 is 0 Å². The number of hydrogen-bond acceptors (Lipinski definition) is 4. The lowest BCUT2D eigenvalue weighted by Gasteiger charge is -2.49. The van der Waals surface area contributed by atoms with Crippen LogP contribution in [0.5, 0.6) is 0 Å². The first-order chi connectivity index (χ1) is 9.55. The Kier molecular flexibility index (Phi) is 5.24. The van der Waals surface area contributed by atoms with Gasteiger partial charge in [0, 0.05) is 24.2 Å². The average Bonchev–Trinajstić information content (AvgIpc) is 2.78. The fourth-order valence-corrected chi connectivity index (χ4v) is 3.03.